The molecule has 5 nitrogen and oxygen atoms in total. The van der Waals surface area contributed by atoms with Crippen LogP contribution < -0.4 is 10.6 Å². The molecule has 0 unspecified atom stereocenters. The molecule has 1 rings (SSSR count). The van der Waals surface area contributed by atoms with Gasteiger partial charge in [-0.3, -0.25) is 4.79 Å². The SMILES string of the molecule is CCCNc1cc(C(=O)NCCN(C)C)c(Cl)cn1. The zero-order chi connectivity index (χ0) is 14.3. The van der Waals surface area contributed by atoms with E-state index in [9.17, 15) is 4.79 Å². The minimum atomic E-state index is -0.172. The Bertz CT molecular complexity index is 423. The van der Waals surface area contributed by atoms with E-state index >= 15 is 0 Å². The third kappa shape index (κ3) is 5.44. The van der Waals surface area contributed by atoms with E-state index in [0.29, 0.717) is 22.9 Å². The van der Waals surface area contributed by atoms with Gasteiger partial charge in [-0.1, -0.05) is 18.5 Å². The average molecular weight is 285 g/mol. The predicted octanol–water partition coefficient (Wildman–Crippen LogP) is 1.85. The topological polar surface area (TPSA) is 57.3 Å². The third-order valence-corrected chi connectivity index (χ3v) is 2.80. The first-order valence-electron chi connectivity index (χ1n) is 6.37. The van der Waals surface area contributed by atoms with E-state index in [0.717, 1.165) is 19.5 Å². The van der Waals surface area contributed by atoms with E-state index in [1.54, 1.807) is 6.07 Å². The highest BCUT2D eigenvalue weighted by Gasteiger charge is 2.11. The summed E-state index contributed by atoms with van der Waals surface area (Å²) in [5, 5.41) is 6.33. The van der Waals surface area contributed by atoms with Crippen LogP contribution in [0.1, 0.15) is 23.7 Å². The van der Waals surface area contributed by atoms with E-state index < -0.39 is 0 Å². The minimum Gasteiger partial charge on any atom is -0.370 e. The monoisotopic (exact) mass is 284 g/mol. The molecule has 2 N–H and O–H groups in total. The second-order valence-corrected chi connectivity index (χ2v) is 4.94. The van der Waals surface area contributed by atoms with Gasteiger partial charge in [-0.25, -0.2) is 4.98 Å². The molecule has 1 aromatic rings. The van der Waals surface area contributed by atoms with Crippen LogP contribution in [0.15, 0.2) is 12.3 Å². The molecule has 6 heteroatoms. The van der Waals surface area contributed by atoms with Crippen molar-refractivity contribution in [2.24, 2.45) is 0 Å². The molecule has 0 saturated carbocycles. The lowest BCUT2D eigenvalue weighted by Crippen LogP contribution is -2.31. The molecule has 1 heterocycles. The Labute approximate surface area is 119 Å². The number of amides is 1. The summed E-state index contributed by atoms with van der Waals surface area (Å²) in [6, 6.07) is 1.68. The van der Waals surface area contributed by atoms with E-state index in [-0.39, 0.29) is 5.91 Å². The molecule has 0 aliphatic heterocycles. The molecule has 0 aliphatic carbocycles. The molecule has 0 saturated heterocycles. The van der Waals surface area contributed by atoms with Gasteiger partial charge in [-0.2, -0.15) is 0 Å². The molecular formula is C13H21ClN4O. The minimum absolute atomic E-state index is 0.172. The highest BCUT2D eigenvalue weighted by molar-refractivity contribution is 6.33. The van der Waals surface area contributed by atoms with Crippen molar-refractivity contribution in [3.05, 3.63) is 22.8 Å². The lowest BCUT2D eigenvalue weighted by Gasteiger charge is -2.12. The lowest BCUT2D eigenvalue weighted by atomic mass is 10.2. The van der Waals surface area contributed by atoms with Gasteiger partial charge in [0, 0.05) is 25.8 Å². The number of anilines is 1. The van der Waals surface area contributed by atoms with Crippen molar-refractivity contribution in [1.29, 1.82) is 0 Å². The number of nitrogens with one attached hydrogen (secondary N) is 2. The fourth-order valence-corrected chi connectivity index (χ4v) is 1.64. The summed E-state index contributed by atoms with van der Waals surface area (Å²) in [6.07, 6.45) is 2.50. The Morgan fingerprint density at radius 1 is 1.42 bits per heavy atom. The molecule has 106 valence electrons. The van der Waals surface area contributed by atoms with Gasteiger partial charge < -0.3 is 15.5 Å². The molecule has 0 aliphatic rings. The van der Waals surface area contributed by atoms with Gasteiger partial charge in [0.25, 0.3) is 5.91 Å². The number of likely N-dealkylation sites (N-methyl/N-ethyl adjacent to an activating group) is 1. The number of carbonyl (C=O) groups is 1. The molecule has 1 amide bonds. The number of pyridine rings is 1. The van der Waals surface area contributed by atoms with Crippen molar-refractivity contribution in [1.82, 2.24) is 15.2 Å². The Morgan fingerprint density at radius 2 is 2.16 bits per heavy atom. The van der Waals surface area contributed by atoms with Crippen LogP contribution in [0.3, 0.4) is 0 Å². The van der Waals surface area contributed by atoms with Crippen LogP contribution in [0, 0.1) is 0 Å². The number of nitrogens with zero attached hydrogens (tertiary/aromatic N) is 2. The Balaban J connectivity index is 2.66. The first-order chi connectivity index (χ1) is 9.04. The maximum Gasteiger partial charge on any atom is 0.253 e. The standard InChI is InChI=1S/C13H21ClN4O/c1-4-5-15-12-8-10(11(14)9-17-12)13(19)16-6-7-18(2)3/h8-9H,4-7H2,1-3H3,(H,15,17)(H,16,19). The summed E-state index contributed by atoms with van der Waals surface area (Å²) in [6.45, 7) is 4.26. The van der Waals surface area contributed by atoms with Crippen LogP contribution in [0.2, 0.25) is 5.02 Å². The summed E-state index contributed by atoms with van der Waals surface area (Å²) in [5.41, 5.74) is 0.453. The van der Waals surface area contributed by atoms with Crippen LogP contribution in [0.5, 0.6) is 0 Å². The predicted molar refractivity (Wildman–Crippen MR) is 78.9 cm³/mol. The molecule has 1 aromatic heterocycles. The number of hydrogen-bond donors (Lipinski definition) is 2. The summed E-state index contributed by atoms with van der Waals surface area (Å²) >= 11 is 6.01. The average Bonchev–Trinajstić information content (AvgIpc) is 2.37. The molecular weight excluding hydrogens is 264 g/mol. The maximum absolute atomic E-state index is 12.0. The zero-order valence-corrected chi connectivity index (χ0v) is 12.4. The van der Waals surface area contributed by atoms with Crippen molar-refractivity contribution in [2.45, 2.75) is 13.3 Å². The highest BCUT2D eigenvalue weighted by Crippen LogP contribution is 2.17. The van der Waals surface area contributed by atoms with Crippen LogP contribution in [-0.4, -0.2) is 49.5 Å². The molecule has 0 spiro atoms. The first-order valence-corrected chi connectivity index (χ1v) is 6.74. The second-order valence-electron chi connectivity index (χ2n) is 4.54. The van der Waals surface area contributed by atoms with E-state index in [1.165, 1.54) is 6.20 Å². The summed E-state index contributed by atoms with van der Waals surface area (Å²) in [4.78, 5) is 18.1. The van der Waals surface area contributed by atoms with E-state index in [1.807, 2.05) is 19.0 Å². The highest BCUT2D eigenvalue weighted by atomic mass is 35.5. The van der Waals surface area contributed by atoms with E-state index in [2.05, 4.69) is 22.5 Å². The van der Waals surface area contributed by atoms with Crippen molar-refractivity contribution >= 4 is 23.3 Å². The normalized spacial score (nSPS) is 10.6. The summed E-state index contributed by atoms with van der Waals surface area (Å²) in [5.74, 6) is 0.498. The fourth-order valence-electron chi connectivity index (χ4n) is 1.45. The van der Waals surface area contributed by atoms with Crippen LogP contribution >= 0.6 is 11.6 Å². The molecule has 0 bridgehead atoms. The zero-order valence-electron chi connectivity index (χ0n) is 11.7. The van der Waals surface area contributed by atoms with Gasteiger partial charge in [0.1, 0.15) is 5.82 Å². The van der Waals surface area contributed by atoms with Crippen molar-refractivity contribution < 1.29 is 4.79 Å². The van der Waals surface area contributed by atoms with Crippen molar-refractivity contribution in [3.63, 3.8) is 0 Å². The van der Waals surface area contributed by atoms with Gasteiger partial charge in [-0.05, 0) is 26.6 Å². The molecule has 0 radical (unpaired) electrons. The Morgan fingerprint density at radius 3 is 2.79 bits per heavy atom. The van der Waals surface area contributed by atoms with Crippen molar-refractivity contribution in [2.75, 3.05) is 39.0 Å². The number of carbonyl (C=O) groups excluding carboxylic acids is 1. The van der Waals surface area contributed by atoms with Gasteiger partial charge in [0.15, 0.2) is 0 Å². The second kappa shape index (κ2) is 7.96. The van der Waals surface area contributed by atoms with Crippen LogP contribution in [0.25, 0.3) is 0 Å². The van der Waals surface area contributed by atoms with E-state index in [4.69, 9.17) is 11.6 Å². The molecule has 19 heavy (non-hydrogen) atoms. The largest absolute Gasteiger partial charge is 0.370 e. The van der Waals surface area contributed by atoms with Gasteiger partial charge in [-0.15, -0.1) is 0 Å². The van der Waals surface area contributed by atoms with Crippen LogP contribution in [-0.2, 0) is 0 Å². The van der Waals surface area contributed by atoms with Gasteiger partial charge >= 0.3 is 0 Å². The quantitative estimate of drug-likeness (QED) is 0.802. The Hall–Kier alpha value is -1.33. The molecule has 0 aromatic carbocycles. The number of rotatable bonds is 7. The first kappa shape index (κ1) is 15.7. The van der Waals surface area contributed by atoms with Gasteiger partial charge in [0.05, 0.1) is 10.6 Å². The molecule has 0 fully saturated rings. The van der Waals surface area contributed by atoms with Crippen molar-refractivity contribution in [3.8, 4) is 0 Å². The molecule has 0 atom stereocenters. The smallest absolute Gasteiger partial charge is 0.253 e. The fraction of sp³-hybridized carbons (Fsp3) is 0.538. The van der Waals surface area contributed by atoms with Gasteiger partial charge in [0.2, 0.25) is 0 Å². The number of halogens is 1. The number of aromatic nitrogens is 1. The van der Waals surface area contributed by atoms with Crippen LogP contribution in [0.4, 0.5) is 5.82 Å². The maximum atomic E-state index is 12.0. The third-order valence-electron chi connectivity index (χ3n) is 2.50. The Kier molecular flexibility index (Phi) is 6.59. The summed E-state index contributed by atoms with van der Waals surface area (Å²) < 4.78 is 0. The number of hydrogen-bond acceptors (Lipinski definition) is 4. The summed E-state index contributed by atoms with van der Waals surface area (Å²) in [7, 11) is 3.91. The lowest BCUT2D eigenvalue weighted by molar-refractivity contribution is 0.0951.